The lowest BCUT2D eigenvalue weighted by atomic mass is 10.2. The summed E-state index contributed by atoms with van der Waals surface area (Å²) in [5, 5.41) is 13.8. The minimum Gasteiger partial charge on any atom is -0.496 e. The Hall–Kier alpha value is -1.95. The van der Waals surface area contributed by atoms with Gasteiger partial charge in [-0.05, 0) is 6.07 Å². The fourth-order valence-electron chi connectivity index (χ4n) is 1.17. The molecule has 0 aromatic heterocycles. The summed E-state index contributed by atoms with van der Waals surface area (Å²) in [5.74, 6) is -1.04. The zero-order valence-electron chi connectivity index (χ0n) is 9.20. The molecule has 0 saturated heterocycles. The zero-order valence-corrected chi connectivity index (χ0v) is 9.96. The summed E-state index contributed by atoms with van der Waals surface area (Å²) < 4.78 is 4.91. The number of carboxylic acids is 1. The lowest BCUT2D eigenvalue weighted by molar-refractivity contribution is 0.0693. The van der Waals surface area contributed by atoms with Gasteiger partial charge in [0.1, 0.15) is 11.3 Å². The van der Waals surface area contributed by atoms with Crippen molar-refractivity contribution in [2.75, 3.05) is 19.5 Å². The standard InChI is InChI=1S/C10H11ClN2O4/c1-12-10(16)13-7-4-8(17-2)5(9(14)15)3-6(7)11/h3-4H,1-2H3,(H,14,15)(H2,12,13,16). The first kappa shape index (κ1) is 13.1. The van der Waals surface area contributed by atoms with E-state index in [0.29, 0.717) is 0 Å². The highest BCUT2D eigenvalue weighted by Gasteiger charge is 2.15. The van der Waals surface area contributed by atoms with E-state index in [1.54, 1.807) is 0 Å². The largest absolute Gasteiger partial charge is 0.496 e. The molecule has 0 radical (unpaired) electrons. The molecule has 0 heterocycles. The van der Waals surface area contributed by atoms with Crippen LogP contribution in [0.1, 0.15) is 10.4 Å². The number of urea groups is 1. The van der Waals surface area contributed by atoms with E-state index in [-0.39, 0.29) is 22.0 Å². The second kappa shape index (κ2) is 5.40. The van der Waals surface area contributed by atoms with Crippen molar-refractivity contribution in [2.45, 2.75) is 0 Å². The predicted molar refractivity (Wildman–Crippen MR) is 63.0 cm³/mol. The summed E-state index contributed by atoms with van der Waals surface area (Å²) in [4.78, 5) is 22.0. The van der Waals surface area contributed by atoms with E-state index in [2.05, 4.69) is 10.6 Å². The normalized spacial score (nSPS) is 9.59. The van der Waals surface area contributed by atoms with Crippen LogP contribution in [-0.4, -0.2) is 31.3 Å². The second-order valence-electron chi connectivity index (χ2n) is 3.04. The van der Waals surface area contributed by atoms with Crippen LogP contribution >= 0.6 is 11.6 Å². The number of carbonyl (C=O) groups excluding carboxylic acids is 1. The molecule has 1 rings (SSSR count). The van der Waals surface area contributed by atoms with Crippen LogP contribution in [-0.2, 0) is 0 Å². The summed E-state index contributed by atoms with van der Waals surface area (Å²) in [6, 6.07) is 2.10. The Morgan fingerprint density at radius 3 is 2.53 bits per heavy atom. The van der Waals surface area contributed by atoms with Gasteiger partial charge in [0.05, 0.1) is 17.8 Å². The van der Waals surface area contributed by atoms with Gasteiger partial charge < -0.3 is 20.5 Å². The van der Waals surface area contributed by atoms with Gasteiger partial charge in [0.25, 0.3) is 0 Å². The van der Waals surface area contributed by atoms with Gasteiger partial charge in [-0.25, -0.2) is 9.59 Å². The average molecular weight is 259 g/mol. The third-order valence-electron chi connectivity index (χ3n) is 1.99. The Morgan fingerprint density at radius 1 is 1.41 bits per heavy atom. The van der Waals surface area contributed by atoms with Gasteiger partial charge in [-0.2, -0.15) is 0 Å². The Kier molecular flexibility index (Phi) is 4.17. The molecule has 0 fully saturated rings. The number of anilines is 1. The smallest absolute Gasteiger partial charge is 0.339 e. The van der Waals surface area contributed by atoms with Crippen LogP contribution in [0.5, 0.6) is 5.75 Å². The molecular weight excluding hydrogens is 248 g/mol. The highest BCUT2D eigenvalue weighted by Crippen LogP contribution is 2.30. The fourth-order valence-corrected chi connectivity index (χ4v) is 1.38. The van der Waals surface area contributed by atoms with Crippen molar-refractivity contribution < 1.29 is 19.4 Å². The van der Waals surface area contributed by atoms with Gasteiger partial charge in [0.15, 0.2) is 0 Å². The minimum atomic E-state index is -1.16. The summed E-state index contributed by atoms with van der Waals surface area (Å²) in [7, 11) is 2.78. The van der Waals surface area contributed by atoms with Crippen LogP contribution in [0.25, 0.3) is 0 Å². The van der Waals surface area contributed by atoms with Crippen molar-refractivity contribution in [3.63, 3.8) is 0 Å². The maximum Gasteiger partial charge on any atom is 0.339 e. The predicted octanol–water partition coefficient (Wildman–Crippen LogP) is 1.80. The second-order valence-corrected chi connectivity index (χ2v) is 3.45. The molecule has 0 aliphatic carbocycles. The van der Waals surface area contributed by atoms with Gasteiger partial charge in [-0.1, -0.05) is 11.6 Å². The van der Waals surface area contributed by atoms with E-state index in [1.165, 1.54) is 26.3 Å². The van der Waals surface area contributed by atoms with Gasteiger partial charge in [-0.15, -0.1) is 0 Å². The van der Waals surface area contributed by atoms with Crippen molar-refractivity contribution in [1.82, 2.24) is 5.32 Å². The number of carbonyl (C=O) groups is 2. The molecule has 2 amide bonds. The van der Waals surface area contributed by atoms with Crippen molar-refractivity contribution >= 4 is 29.3 Å². The first-order chi connectivity index (χ1) is 7.99. The number of carboxylic acid groups (broad SMARTS) is 1. The third-order valence-corrected chi connectivity index (χ3v) is 2.31. The lowest BCUT2D eigenvalue weighted by Gasteiger charge is -2.11. The number of hydrogen-bond donors (Lipinski definition) is 3. The summed E-state index contributed by atoms with van der Waals surface area (Å²) in [5.41, 5.74) is 0.202. The van der Waals surface area contributed by atoms with Crippen molar-refractivity contribution in [3.8, 4) is 5.75 Å². The van der Waals surface area contributed by atoms with Crippen molar-refractivity contribution in [1.29, 1.82) is 0 Å². The van der Waals surface area contributed by atoms with Crippen LogP contribution in [0.4, 0.5) is 10.5 Å². The van der Waals surface area contributed by atoms with Gasteiger partial charge in [-0.3, -0.25) is 0 Å². The maximum absolute atomic E-state index is 11.1. The van der Waals surface area contributed by atoms with E-state index in [1.807, 2.05) is 0 Å². The van der Waals surface area contributed by atoms with Crippen LogP contribution in [0.3, 0.4) is 0 Å². The van der Waals surface area contributed by atoms with Crippen LogP contribution < -0.4 is 15.4 Å². The molecule has 1 aromatic carbocycles. The molecule has 6 nitrogen and oxygen atoms in total. The highest BCUT2D eigenvalue weighted by molar-refractivity contribution is 6.34. The SMILES string of the molecule is CNC(=O)Nc1cc(OC)c(C(=O)O)cc1Cl. The summed E-state index contributed by atoms with van der Waals surface area (Å²) in [6.45, 7) is 0. The fraction of sp³-hybridized carbons (Fsp3) is 0.200. The first-order valence-corrected chi connectivity index (χ1v) is 4.97. The number of ether oxygens (including phenoxy) is 1. The molecule has 92 valence electrons. The molecule has 0 atom stereocenters. The van der Waals surface area contributed by atoms with Crippen LogP contribution in [0.2, 0.25) is 5.02 Å². The number of hydrogen-bond acceptors (Lipinski definition) is 3. The Balaban J connectivity index is 3.17. The third kappa shape index (κ3) is 3.01. The van der Waals surface area contributed by atoms with E-state index >= 15 is 0 Å². The number of benzene rings is 1. The summed E-state index contributed by atoms with van der Waals surface area (Å²) >= 11 is 5.84. The quantitative estimate of drug-likeness (QED) is 0.771. The molecule has 0 unspecified atom stereocenters. The molecule has 3 N–H and O–H groups in total. The number of nitrogens with one attached hydrogen (secondary N) is 2. The maximum atomic E-state index is 11.1. The molecule has 7 heteroatoms. The Bertz CT molecular complexity index is 462. The molecule has 17 heavy (non-hydrogen) atoms. The number of amides is 2. The number of aromatic carboxylic acids is 1. The average Bonchev–Trinajstić information content (AvgIpc) is 2.30. The van der Waals surface area contributed by atoms with Crippen LogP contribution in [0.15, 0.2) is 12.1 Å². The highest BCUT2D eigenvalue weighted by atomic mass is 35.5. The monoisotopic (exact) mass is 258 g/mol. The topological polar surface area (TPSA) is 87.7 Å². The number of methoxy groups -OCH3 is 1. The number of rotatable bonds is 3. The summed E-state index contributed by atoms with van der Waals surface area (Å²) in [6.07, 6.45) is 0. The van der Waals surface area contributed by atoms with Crippen LogP contribution in [0, 0.1) is 0 Å². The molecule has 0 spiro atoms. The minimum absolute atomic E-state index is 0.0695. The molecule has 0 aliphatic rings. The molecule has 0 saturated carbocycles. The van der Waals surface area contributed by atoms with Gasteiger partial charge in [0.2, 0.25) is 0 Å². The van der Waals surface area contributed by atoms with Crippen molar-refractivity contribution in [3.05, 3.63) is 22.7 Å². The van der Waals surface area contributed by atoms with Gasteiger partial charge >= 0.3 is 12.0 Å². The van der Waals surface area contributed by atoms with Crippen molar-refractivity contribution in [2.24, 2.45) is 0 Å². The lowest BCUT2D eigenvalue weighted by Crippen LogP contribution is -2.24. The molecule has 0 bridgehead atoms. The van der Waals surface area contributed by atoms with E-state index in [9.17, 15) is 9.59 Å². The Labute approximate surface area is 103 Å². The van der Waals surface area contributed by atoms with E-state index in [0.717, 1.165) is 0 Å². The molecular formula is C10H11ClN2O4. The van der Waals surface area contributed by atoms with Gasteiger partial charge in [0, 0.05) is 13.1 Å². The molecule has 1 aromatic rings. The first-order valence-electron chi connectivity index (χ1n) is 4.59. The van der Waals surface area contributed by atoms with E-state index in [4.69, 9.17) is 21.4 Å². The number of halogens is 1. The zero-order chi connectivity index (χ0) is 13.0. The molecule has 0 aliphatic heterocycles. The van der Waals surface area contributed by atoms with E-state index < -0.39 is 12.0 Å². The Morgan fingerprint density at radius 2 is 2.06 bits per heavy atom.